The molecule has 0 bridgehead atoms. The Balaban J connectivity index is 1.64. The average molecular weight is 506 g/mol. The van der Waals surface area contributed by atoms with Gasteiger partial charge >= 0.3 is 5.97 Å². The Bertz CT molecular complexity index is 879. The van der Waals surface area contributed by atoms with Gasteiger partial charge in [-0.2, -0.15) is 0 Å². The minimum atomic E-state index is -0.922. The van der Waals surface area contributed by atoms with E-state index >= 15 is 0 Å². The van der Waals surface area contributed by atoms with Gasteiger partial charge in [0.1, 0.15) is 4.88 Å². The topological polar surface area (TPSA) is 66.8 Å². The zero-order valence-corrected chi connectivity index (χ0v) is 22.2. The van der Waals surface area contributed by atoms with E-state index in [1.807, 2.05) is 17.2 Å². The smallest absolute Gasteiger partial charge is 0.348 e. The number of anilines is 1. The number of rotatable bonds is 8. The van der Waals surface area contributed by atoms with Crippen LogP contribution in [0.25, 0.3) is 5.57 Å². The molecule has 0 aliphatic heterocycles. The first-order valence-electron chi connectivity index (χ1n) is 13.0. The normalized spacial score (nSPS) is 27.8. The Morgan fingerprint density at radius 2 is 1.85 bits per heavy atom. The number of allylic oxidation sites excluding steroid dienone is 2. The standard InChI is InChI=1S/C27H39NO4S2/c1-18-8-10-20(11-9-18)26(29)28(21-12-14-22(15-13-21)32-17-33-2)23-16-24(34-25(23)27(30)31)19-6-4-3-5-7-19/h6,16,18,20-22H,3-5,7-15,17H2,1-2H3,(H,30,31). The molecule has 7 heteroatoms. The zero-order chi connectivity index (χ0) is 24.1. The van der Waals surface area contributed by atoms with E-state index in [1.165, 1.54) is 23.3 Å². The molecule has 2 fully saturated rings. The SMILES string of the molecule is CSCOC1CCC(N(C(=O)C2CCC(C)CC2)c2cc(C3=CCCCC3)sc2C(=O)O)CC1. The van der Waals surface area contributed by atoms with Gasteiger partial charge in [0.25, 0.3) is 0 Å². The highest BCUT2D eigenvalue weighted by Crippen LogP contribution is 2.42. The van der Waals surface area contributed by atoms with Crippen molar-refractivity contribution in [3.8, 4) is 0 Å². The van der Waals surface area contributed by atoms with Gasteiger partial charge in [-0.15, -0.1) is 23.1 Å². The summed E-state index contributed by atoms with van der Waals surface area (Å²) < 4.78 is 5.96. The van der Waals surface area contributed by atoms with Crippen LogP contribution in [0.2, 0.25) is 0 Å². The lowest BCUT2D eigenvalue weighted by Gasteiger charge is -2.39. The van der Waals surface area contributed by atoms with E-state index in [0.717, 1.165) is 75.5 Å². The number of thiophene rings is 1. The molecule has 0 radical (unpaired) electrons. The van der Waals surface area contributed by atoms with Gasteiger partial charge in [0.15, 0.2) is 0 Å². The Kier molecular flexibility index (Phi) is 9.16. The molecular weight excluding hydrogens is 466 g/mol. The average Bonchev–Trinajstić information content (AvgIpc) is 3.30. The number of carboxylic acid groups (broad SMARTS) is 1. The molecule has 0 saturated heterocycles. The number of ether oxygens (including phenoxy) is 1. The highest BCUT2D eigenvalue weighted by Gasteiger charge is 2.37. The van der Waals surface area contributed by atoms with E-state index in [4.69, 9.17) is 4.74 Å². The molecule has 34 heavy (non-hydrogen) atoms. The maximum absolute atomic E-state index is 14.0. The van der Waals surface area contributed by atoms with E-state index < -0.39 is 5.97 Å². The zero-order valence-electron chi connectivity index (χ0n) is 20.6. The number of nitrogens with zero attached hydrogens (tertiary/aromatic N) is 1. The molecule has 3 aliphatic rings. The van der Waals surface area contributed by atoms with Crippen LogP contribution in [-0.4, -0.2) is 41.3 Å². The van der Waals surface area contributed by atoms with Crippen LogP contribution in [-0.2, 0) is 9.53 Å². The number of hydrogen-bond donors (Lipinski definition) is 1. The summed E-state index contributed by atoms with van der Waals surface area (Å²) in [6, 6.07) is 2.06. The summed E-state index contributed by atoms with van der Waals surface area (Å²) in [5.74, 6) is 0.590. The lowest BCUT2D eigenvalue weighted by Crippen LogP contribution is -2.47. The van der Waals surface area contributed by atoms with Crippen LogP contribution in [0, 0.1) is 11.8 Å². The molecule has 1 amide bonds. The number of carbonyl (C=O) groups is 2. The van der Waals surface area contributed by atoms with Crippen molar-refractivity contribution in [3.05, 3.63) is 21.9 Å². The van der Waals surface area contributed by atoms with Crippen molar-refractivity contribution in [2.24, 2.45) is 11.8 Å². The number of thioether (sulfide) groups is 1. The van der Waals surface area contributed by atoms with Gasteiger partial charge < -0.3 is 14.7 Å². The molecule has 1 N–H and O–H groups in total. The molecular formula is C27H39NO4S2. The van der Waals surface area contributed by atoms with Crippen LogP contribution < -0.4 is 4.90 Å². The fraction of sp³-hybridized carbons (Fsp3) is 0.704. The summed E-state index contributed by atoms with van der Waals surface area (Å²) in [6.45, 7) is 2.26. The number of amides is 1. The fourth-order valence-corrected chi connectivity index (χ4v) is 7.15. The largest absolute Gasteiger partial charge is 0.477 e. The van der Waals surface area contributed by atoms with Gasteiger partial charge in [0.2, 0.25) is 5.91 Å². The molecule has 0 spiro atoms. The molecule has 0 atom stereocenters. The second-order valence-corrected chi connectivity index (χ2v) is 12.1. The van der Waals surface area contributed by atoms with Crippen molar-refractivity contribution in [3.63, 3.8) is 0 Å². The lowest BCUT2D eigenvalue weighted by molar-refractivity contribution is -0.124. The monoisotopic (exact) mass is 505 g/mol. The van der Waals surface area contributed by atoms with Gasteiger partial charge in [0, 0.05) is 16.8 Å². The van der Waals surface area contributed by atoms with Crippen molar-refractivity contribution >= 4 is 46.2 Å². The maximum atomic E-state index is 14.0. The van der Waals surface area contributed by atoms with Crippen molar-refractivity contribution in [1.82, 2.24) is 0 Å². The highest BCUT2D eigenvalue weighted by atomic mass is 32.2. The molecule has 4 rings (SSSR count). The molecule has 1 aromatic rings. The van der Waals surface area contributed by atoms with E-state index in [-0.39, 0.29) is 24.0 Å². The minimum Gasteiger partial charge on any atom is -0.477 e. The summed E-state index contributed by atoms with van der Waals surface area (Å²) >= 11 is 3.04. The summed E-state index contributed by atoms with van der Waals surface area (Å²) in [5, 5.41) is 10.1. The Labute approximate surface area is 212 Å². The third-order valence-corrected chi connectivity index (χ3v) is 9.37. The van der Waals surface area contributed by atoms with Crippen LogP contribution >= 0.6 is 23.1 Å². The van der Waals surface area contributed by atoms with E-state index in [9.17, 15) is 14.7 Å². The van der Waals surface area contributed by atoms with Gasteiger partial charge in [0.05, 0.1) is 17.7 Å². The predicted octanol–water partition coefficient (Wildman–Crippen LogP) is 7.21. The van der Waals surface area contributed by atoms with Crippen molar-refractivity contribution in [1.29, 1.82) is 0 Å². The van der Waals surface area contributed by atoms with Gasteiger partial charge in [-0.25, -0.2) is 4.79 Å². The molecule has 5 nitrogen and oxygen atoms in total. The summed E-state index contributed by atoms with van der Waals surface area (Å²) in [5.41, 5.74) is 1.88. The first-order valence-corrected chi connectivity index (χ1v) is 15.2. The molecule has 2 saturated carbocycles. The van der Waals surface area contributed by atoms with E-state index in [1.54, 1.807) is 11.8 Å². The first-order chi connectivity index (χ1) is 16.5. The van der Waals surface area contributed by atoms with Crippen molar-refractivity contribution in [2.75, 3.05) is 17.1 Å². The maximum Gasteiger partial charge on any atom is 0.348 e. The van der Waals surface area contributed by atoms with E-state index in [2.05, 4.69) is 13.0 Å². The molecule has 1 heterocycles. The predicted molar refractivity (Wildman–Crippen MR) is 142 cm³/mol. The number of hydrogen-bond acceptors (Lipinski definition) is 5. The number of aromatic carboxylic acids is 1. The lowest BCUT2D eigenvalue weighted by atomic mass is 9.81. The molecule has 1 aromatic heterocycles. The van der Waals surface area contributed by atoms with E-state index in [0.29, 0.717) is 22.4 Å². The van der Waals surface area contributed by atoms with Crippen LogP contribution in [0.3, 0.4) is 0 Å². The van der Waals surface area contributed by atoms with Crippen LogP contribution in [0.4, 0.5) is 5.69 Å². The second-order valence-electron chi connectivity index (χ2n) is 10.3. The van der Waals surface area contributed by atoms with Crippen LogP contribution in [0.15, 0.2) is 12.1 Å². The Morgan fingerprint density at radius 3 is 2.47 bits per heavy atom. The second kappa shape index (κ2) is 12.1. The minimum absolute atomic E-state index is 0.000515. The highest BCUT2D eigenvalue weighted by molar-refractivity contribution is 7.98. The molecule has 188 valence electrons. The van der Waals surface area contributed by atoms with Crippen molar-refractivity contribution < 1.29 is 19.4 Å². The quantitative estimate of drug-likeness (QED) is 0.378. The molecule has 0 aromatic carbocycles. The van der Waals surface area contributed by atoms with Crippen LogP contribution in [0.1, 0.15) is 98.5 Å². The van der Waals surface area contributed by atoms with Gasteiger partial charge in [-0.3, -0.25) is 4.79 Å². The summed E-state index contributed by atoms with van der Waals surface area (Å²) in [6.07, 6.45) is 16.4. The third kappa shape index (κ3) is 6.08. The van der Waals surface area contributed by atoms with Crippen molar-refractivity contribution in [2.45, 2.75) is 96.1 Å². The Morgan fingerprint density at radius 1 is 1.12 bits per heavy atom. The van der Waals surface area contributed by atoms with Crippen LogP contribution in [0.5, 0.6) is 0 Å². The first kappa shape index (κ1) is 25.8. The van der Waals surface area contributed by atoms with Gasteiger partial charge in [-0.05, 0) is 101 Å². The van der Waals surface area contributed by atoms with Gasteiger partial charge in [-0.1, -0.05) is 13.0 Å². The summed E-state index contributed by atoms with van der Waals surface area (Å²) in [7, 11) is 0. The fourth-order valence-electron chi connectivity index (χ4n) is 5.77. The number of carbonyl (C=O) groups excluding carboxylic acids is 1. The Hall–Kier alpha value is -1.31. The third-order valence-electron chi connectivity index (χ3n) is 7.81. The summed E-state index contributed by atoms with van der Waals surface area (Å²) in [4.78, 5) is 29.6. The molecule has 3 aliphatic carbocycles. The number of carboxylic acids is 1. The molecule has 0 unspecified atom stereocenters.